The number of nitrogens with zero attached hydrogens (tertiary/aromatic N) is 4. The number of ether oxygens (including phenoxy) is 1. The first-order valence-electron chi connectivity index (χ1n) is 7.01. The van der Waals surface area contributed by atoms with Crippen molar-refractivity contribution in [2.75, 3.05) is 7.11 Å². The van der Waals surface area contributed by atoms with Gasteiger partial charge < -0.3 is 4.74 Å². The molecule has 0 unspecified atom stereocenters. The largest absolute Gasteiger partial charge is 0.497 e. The lowest BCUT2D eigenvalue weighted by Crippen LogP contribution is -1.99. The maximum absolute atomic E-state index is 8.93. The zero-order valence-electron chi connectivity index (χ0n) is 12.5. The van der Waals surface area contributed by atoms with Crippen molar-refractivity contribution in [2.24, 2.45) is 0 Å². The average Bonchev–Trinajstić information content (AvgIpc) is 3.15. The summed E-state index contributed by atoms with van der Waals surface area (Å²) in [6, 6.07) is 17.2. The van der Waals surface area contributed by atoms with Crippen molar-refractivity contribution < 1.29 is 4.74 Å². The summed E-state index contributed by atoms with van der Waals surface area (Å²) in [5.41, 5.74) is 3.46. The van der Waals surface area contributed by atoms with Crippen molar-refractivity contribution in [3.05, 3.63) is 77.9 Å². The minimum atomic E-state index is 0.621. The zero-order chi connectivity index (χ0) is 16.1. The van der Waals surface area contributed by atoms with Gasteiger partial charge in [-0.2, -0.15) is 10.4 Å². The molecule has 0 amide bonds. The number of rotatable bonds is 4. The Labute approximate surface area is 134 Å². The highest BCUT2D eigenvalue weighted by molar-refractivity contribution is 5.81. The van der Waals surface area contributed by atoms with Gasteiger partial charge in [0.05, 0.1) is 24.4 Å². The Hall–Kier alpha value is -3.39. The Morgan fingerprint density at radius 1 is 1.13 bits per heavy atom. The van der Waals surface area contributed by atoms with E-state index in [9.17, 15) is 0 Å². The van der Waals surface area contributed by atoms with Crippen LogP contribution in [0.5, 0.6) is 5.75 Å². The maximum Gasteiger partial charge on any atom is 0.138 e. The monoisotopic (exact) mass is 302 g/mol. The number of methoxy groups -OCH3 is 1. The van der Waals surface area contributed by atoms with Crippen LogP contribution >= 0.6 is 0 Å². The van der Waals surface area contributed by atoms with Crippen LogP contribution in [0.25, 0.3) is 11.8 Å². The Morgan fingerprint density at radius 3 is 2.43 bits per heavy atom. The molecule has 0 aliphatic carbocycles. The normalized spacial score (nSPS) is 11.0. The molecule has 112 valence electrons. The van der Waals surface area contributed by atoms with Crippen LogP contribution in [-0.4, -0.2) is 21.9 Å². The van der Waals surface area contributed by atoms with Crippen molar-refractivity contribution >= 4 is 11.8 Å². The molecule has 0 N–H and O–H groups in total. The fourth-order valence-electron chi connectivity index (χ4n) is 2.19. The summed E-state index contributed by atoms with van der Waals surface area (Å²) in [5.74, 6) is 0.808. The molecule has 0 saturated carbocycles. The fourth-order valence-corrected chi connectivity index (χ4v) is 2.19. The van der Waals surface area contributed by atoms with E-state index in [2.05, 4.69) is 16.2 Å². The fraction of sp³-hybridized carbons (Fsp3) is 0.0556. The third-order valence-corrected chi connectivity index (χ3v) is 3.39. The van der Waals surface area contributed by atoms with E-state index < -0.39 is 0 Å². The molecule has 0 bridgehead atoms. The minimum Gasteiger partial charge on any atom is -0.497 e. The molecule has 0 spiro atoms. The number of nitriles is 1. The van der Waals surface area contributed by atoms with Gasteiger partial charge >= 0.3 is 0 Å². The predicted molar refractivity (Wildman–Crippen MR) is 87.4 cm³/mol. The van der Waals surface area contributed by atoms with E-state index in [0.717, 1.165) is 22.6 Å². The van der Waals surface area contributed by atoms with Gasteiger partial charge in [0, 0.05) is 5.56 Å². The van der Waals surface area contributed by atoms with Crippen LogP contribution in [0.15, 0.2) is 61.2 Å². The SMILES string of the molecule is COc1ccc(C=C(c2ccc(C#N)cc2)n2cncn2)cc1. The summed E-state index contributed by atoms with van der Waals surface area (Å²) in [5, 5.41) is 13.1. The van der Waals surface area contributed by atoms with Crippen LogP contribution in [-0.2, 0) is 0 Å². The van der Waals surface area contributed by atoms with Crippen LogP contribution in [0.2, 0.25) is 0 Å². The van der Waals surface area contributed by atoms with E-state index in [1.165, 1.54) is 6.33 Å². The van der Waals surface area contributed by atoms with E-state index in [-0.39, 0.29) is 0 Å². The lowest BCUT2D eigenvalue weighted by molar-refractivity contribution is 0.415. The molecule has 1 aromatic heterocycles. The highest BCUT2D eigenvalue weighted by Crippen LogP contribution is 2.21. The molecule has 0 fully saturated rings. The van der Waals surface area contributed by atoms with Gasteiger partial charge in [-0.15, -0.1) is 0 Å². The van der Waals surface area contributed by atoms with E-state index in [0.29, 0.717) is 5.56 Å². The summed E-state index contributed by atoms with van der Waals surface area (Å²) in [7, 11) is 1.64. The first-order chi connectivity index (χ1) is 11.3. The summed E-state index contributed by atoms with van der Waals surface area (Å²) < 4.78 is 6.88. The topological polar surface area (TPSA) is 63.7 Å². The number of hydrogen-bond donors (Lipinski definition) is 0. The Bertz CT molecular complexity index is 842. The van der Waals surface area contributed by atoms with Crippen molar-refractivity contribution in [1.82, 2.24) is 14.8 Å². The van der Waals surface area contributed by atoms with Crippen LogP contribution < -0.4 is 4.74 Å². The molecule has 5 nitrogen and oxygen atoms in total. The molecule has 0 aliphatic rings. The molecule has 3 aromatic rings. The molecular weight excluding hydrogens is 288 g/mol. The quantitative estimate of drug-likeness (QED) is 0.694. The van der Waals surface area contributed by atoms with E-state index >= 15 is 0 Å². The molecule has 0 aliphatic heterocycles. The molecule has 23 heavy (non-hydrogen) atoms. The molecule has 5 heteroatoms. The van der Waals surface area contributed by atoms with Crippen molar-refractivity contribution in [3.8, 4) is 11.8 Å². The second kappa shape index (κ2) is 6.58. The summed E-state index contributed by atoms with van der Waals surface area (Å²) in [4.78, 5) is 4.01. The molecule has 3 rings (SSSR count). The van der Waals surface area contributed by atoms with Gasteiger partial charge in [-0.05, 0) is 35.9 Å². The van der Waals surface area contributed by atoms with Gasteiger partial charge in [0.15, 0.2) is 0 Å². The molecule has 0 radical (unpaired) electrons. The second-order valence-corrected chi connectivity index (χ2v) is 4.83. The molecular formula is C18H14N4O. The van der Waals surface area contributed by atoms with Gasteiger partial charge in [0.2, 0.25) is 0 Å². The first-order valence-corrected chi connectivity index (χ1v) is 7.01. The Morgan fingerprint density at radius 2 is 1.87 bits per heavy atom. The molecule has 2 aromatic carbocycles. The second-order valence-electron chi connectivity index (χ2n) is 4.83. The summed E-state index contributed by atoms with van der Waals surface area (Å²) in [6.45, 7) is 0. The van der Waals surface area contributed by atoms with E-state index in [1.54, 1.807) is 30.3 Å². The van der Waals surface area contributed by atoms with Crippen LogP contribution in [0.4, 0.5) is 0 Å². The Balaban J connectivity index is 2.04. The summed E-state index contributed by atoms with van der Waals surface area (Å²) >= 11 is 0. The van der Waals surface area contributed by atoms with Gasteiger partial charge in [0.25, 0.3) is 0 Å². The van der Waals surface area contributed by atoms with E-state index in [4.69, 9.17) is 10.00 Å². The van der Waals surface area contributed by atoms with Crippen LogP contribution in [0, 0.1) is 11.3 Å². The third-order valence-electron chi connectivity index (χ3n) is 3.39. The first kappa shape index (κ1) is 14.5. The van der Waals surface area contributed by atoms with Gasteiger partial charge in [-0.1, -0.05) is 24.3 Å². The zero-order valence-corrected chi connectivity index (χ0v) is 12.5. The minimum absolute atomic E-state index is 0.621. The van der Waals surface area contributed by atoms with Gasteiger partial charge in [-0.25, -0.2) is 9.67 Å². The highest BCUT2D eigenvalue weighted by Gasteiger charge is 2.06. The van der Waals surface area contributed by atoms with Crippen molar-refractivity contribution in [2.45, 2.75) is 0 Å². The van der Waals surface area contributed by atoms with Crippen LogP contribution in [0.3, 0.4) is 0 Å². The lowest BCUT2D eigenvalue weighted by Gasteiger charge is -2.08. The molecule has 0 saturated heterocycles. The maximum atomic E-state index is 8.93. The Kier molecular flexibility index (Phi) is 4.16. The average molecular weight is 302 g/mol. The van der Waals surface area contributed by atoms with Crippen LogP contribution in [0.1, 0.15) is 16.7 Å². The van der Waals surface area contributed by atoms with Gasteiger partial charge in [0.1, 0.15) is 18.4 Å². The number of aromatic nitrogens is 3. The lowest BCUT2D eigenvalue weighted by atomic mass is 10.1. The van der Waals surface area contributed by atoms with Gasteiger partial charge in [-0.3, -0.25) is 0 Å². The van der Waals surface area contributed by atoms with Crippen molar-refractivity contribution in [3.63, 3.8) is 0 Å². The molecule has 0 atom stereocenters. The number of hydrogen-bond acceptors (Lipinski definition) is 4. The smallest absolute Gasteiger partial charge is 0.138 e. The molecule has 1 heterocycles. The third kappa shape index (κ3) is 3.27. The highest BCUT2D eigenvalue weighted by atomic mass is 16.5. The standard InChI is InChI=1S/C18H14N4O/c1-23-17-8-4-14(5-9-17)10-18(22-13-20-12-21-22)16-6-2-15(11-19)3-7-16/h2-10,12-13H,1H3. The summed E-state index contributed by atoms with van der Waals surface area (Å²) in [6.07, 6.45) is 5.15. The number of benzene rings is 2. The van der Waals surface area contributed by atoms with Crippen molar-refractivity contribution in [1.29, 1.82) is 5.26 Å². The predicted octanol–water partition coefficient (Wildman–Crippen LogP) is 3.20. The van der Waals surface area contributed by atoms with E-state index in [1.807, 2.05) is 42.5 Å².